The number of hydrogen-bond acceptors (Lipinski definition) is 3. The Kier molecular flexibility index (Phi) is 6.18. The van der Waals surface area contributed by atoms with Crippen molar-refractivity contribution in [2.75, 3.05) is 13.1 Å². The van der Waals surface area contributed by atoms with Gasteiger partial charge in [-0.25, -0.2) is 0 Å². The summed E-state index contributed by atoms with van der Waals surface area (Å²) in [4.78, 5) is 15.3. The fourth-order valence-corrected chi connectivity index (χ4v) is 1.29. The Morgan fingerprint density at radius 1 is 1.44 bits per heavy atom. The van der Waals surface area contributed by atoms with E-state index >= 15 is 0 Å². The zero-order valence-electron chi connectivity index (χ0n) is 9.70. The monoisotopic (exact) mass is 221 g/mol. The van der Waals surface area contributed by atoms with E-state index in [1.54, 1.807) is 6.20 Å². The molecular formula is C12H19N3O. The first-order valence-corrected chi connectivity index (χ1v) is 5.69. The molecule has 1 rings (SSSR count). The zero-order valence-corrected chi connectivity index (χ0v) is 9.70. The van der Waals surface area contributed by atoms with Crippen LogP contribution in [0.2, 0.25) is 0 Å². The predicted octanol–water partition coefficient (Wildman–Crippen LogP) is 1.09. The van der Waals surface area contributed by atoms with Gasteiger partial charge in [-0.3, -0.25) is 9.78 Å². The van der Waals surface area contributed by atoms with Crippen LogP contribution in [0.4, 0.5) is 0 Å². The summed E-state index contributed by atoms with van der Waals surface area (Å²) in [5.74, 6) is 0.112. The molecule has 4 heteroatoms. The molecule has 0 saturated carbocycles. The van der Waals surface area contributed by atoms with Gasteiger partial charge in [-0.1, -0.05) is 13.0 Å². The smallest absolute Gasteiger partial charge is 0.221 e. The van der Waals surface area contributed by atoms with Crippen molar-refractivity contribution >= 4 is 5.91 Å². The first kappa shape index (κ1) is 12.6. The van der Waals surface area contributed by atoms with Gasteiger partial charge in [0.15, 0.2) is 0 Å². The van der Waals surface area contributed by atoms with Crippen LogP contribution >= 0.6 is 0 Å². The molecule has 0 fully saturated rings. The Hall–Kier alpha value is -1.42. The molecule has 1 aromatic heterocycles. The van der Waals surface area contributed by atoms with E-state index in [4.69, 9.17) is 0 Å². The number of nitrogens with zero attached hydrogens (tertiary/aromatic N) is 1. The Morgan fingerprint density at radius 3 is 3.00 bits per heavy atom. The second kappa shape index (κ2) is 7.82. The van der Waals surface area contributed by atoms with Gasteiger partial charge in [-0.05, 0) is 18.1 Å². The van der Waals surface area contributed by atoms with Crippen molar-refractivity contribution in [3.05, 3.63) is 30.1 Å². The van der Waals surface area contributed by atoms with Gasteiger partial charge >= 0.3 is 0 Å². The molecule has 0 bridgehead atoms. The highest BCUT2D eigenvalue weighted by Crippen LogP contribution is 1.93. The quantitative estimate of drug-likeness (QED) is 0.678. The second-order valence-electron chi connectivity index (χ2n) is 3.64. The highest BCUT2D eigenvalue weighted by Gasteiger charge is 1.98. The van der Waals surface area contributed by atoms with E-state index in [9.17, 15) is 4.79 Å². The molecule has 4 nitrogen and oxygen atoms in total. The molecule has 0 aliphatic heterocycles. The molecule has 0 aliphatic rings. The lowest BCUT2D eigenvalue weighted by atomic mass is 10.3. The van der Waals surface area contributed by atoms with E-state index in [-0.39, 0.29) is 5.91 Å². The highest BCUT2D eigenvalue weighted by molar-refractivity contribution is 5.75. The minimum Gasteiger partial charge on any atom is -0.356 e. The van der Waals surface area contributed by atoms with Gasteiger partial charge in [0.05, 0.1) is 0 Å². The van der Waals surface area contributed by atoms with Crippen LogP contribution in [0.1, 0.15) is 25.3 Å². The van der Waals surface area contributed by atoms with Crippen LogP contribution in [-0.2, 0) is 11.3 Å². The summed E-state index contributed by atoms with van der Waals surface area (Å²) in [6, 6.07) is 3.92. The van der Waals surface area contributed by atoms with E-state index in [0.29, 0.717) is 13.0 Å². The van der Waals surface area contributed by atoms with Crippen LogP contribution in [0.25, 0.3) is 0 Å². The highest BCUT2D eigenvalue weighted by atomic mass is 16.1. The number of carbonyl (C=O) groups excluding carboxylic acids is 1. The molecule has 0 unspecified atom stereocenters. The third-order valence-electron chi connectivity index (χ3n) is 2.15. The van der Waals surface area contributed by atoms with Gasteiger partial charge in [0.25, 0.3) is 0 Å². The van der Waals surface area contributed by atoms with E-state index < -0.39 is 0 Å². The summed E-state index contributed by atoms with van der Waals surface area (Å²) in [5.41, 5.74) is 1.14. The minimum absolute atomic E-state index is 0.112. The lowest BCUT2D eigenvalue weighted by molar-refractivity contribution is -0.120. The summed E-state index contributed by atoms with van der Waals surface area (Å²) < 4.78 is 0. The van der Waals surface area contributed by atoms with Crippen molar-refractivity contribution in [1.29, 1.82) is 0 Å². The average Bonchev–Trinajstić information content (AvgIpc) is 2.33. The first-order valence-electron chi connectivity index (χ1n) is 5.69. The third-order valence-corrected chi connectivity index (χ3v) is 2.15. The Morgan fingerprint density at radius 2 is 2.31 bits per heavy atom. The van der Waals surface area contributed by atoms with E-state index in [2.05, 4.69) is 15.6 Å². The number of carbonyl (C=O) groups is 1. The standard InChI is InChI=1S/C12H19N3O/c1-2-6-15-12(16)5-8-14-10-11-4-3-7-13-9-11/h3-4,7,9,14H,2,5-6,8,10H2,1H3,(H,15,16). The molecule has 0 spiro atoms. The molecule has 16 heavy (non-hydrogen) atoms. The number of nitrogens with one attached hydrogen (secondary N) is 2. The van der Waals surface area contributed by atoms with Crippen LogP contribution in [0.3, 0.4) is 0 Å². The maximum Gasteiger partial charge on any atom is 0.221 e. The summed E-state index contributed by atoms with van der Waals surface area (Å²) in [7, 11) is 0. The molecule has 1 heterocycles. The molecule has 1 amide bonds. The van der Waals surface area contributed by atoms with E-state index in [1.165, 1.54) is 0 Å². The molecule has 0 radical (unpaired) electrons. The van der Waals surface area contributed by atoms with E-state index in [1.807, 2.05) is 25.3 Å². The Bertz CT molecular complexity index is 300. The topological polar surface area (TPSA) is 54.0 Å². The van der Waals surface area contributed by atoms with Crippen LogP contribution < -0.4 is 10.6 Å². The van der Waals surface area contributed by atoms with Gasteiger partial charge in [-0.2, -0.15) is 0 Å². The predicted molar refractivity (Wildman–Crippen MR) is 63.9 cm³/mol. The number of hydrogen-bond donors (Lipinski definition) is 2. The Labute approximate surface area is 96.5 Å². The van der Waals surface area contributed by atoms with Crippen molar-refractivity contribution < 1.29 is 4.79 Å². The van der Waals surface area contributed by atoms with Crippen LogP contribution in [0.5, 0.6) is 0 Å². The Balaban J connectivity index is 2.06. The van der Waals surface area contributed by atoms with Gasteiger partial charge in [0.2, 0.25) is 5.91 Å². The molecule has 0 aromatic carbocycles. The molecule has 1 aromatic rings. The van der Waals surface area contributed by atoms with Gasteiger partial charge in [0, 0.05) is 38.4 Å². The van der Waals surface area contributed by atoms with Crippen molar-refractivity contribution in [1.82, 2.24) is 15.6 Å². The number of pyridine rings is 1. The lowest BCUT2D eigenvalue weighted by Gasteiger charge is -2.05. The molecule has 0 aliphatic carbocycles. The molecular weight excluding hydrogens is 202 g/mol. The average molecular weight is 221 g/mol. The van der Waals surface area contributed by atoms with Crippen LogP contribution in [0, 0.1) is 0 Å². The zero-order chi connectivity index (χ0) is 11.6. The lowest BCUT2D eigenvalue weighted by Crippen LogP contribution is -2.28. The van der Waals surface area contributed by atoms with Crippen molar-refractivity contribution in [3.8, 4) is 0 Å². The maximum atomic E-state index is 11.2. The number of rotatable bonds is 7. The molecule has 2 N–H and O–H groups in total. The van der Waals surface area contributed by atoms with E-state index in [0.717, 1.165) is 25.1 Å². The largest absolute Gasteiger partial charge is 0.356 e. The summed E-state index contributed by atoms with van der Waals surface area (Å²) in [5, 5.41) is 6.05. The first-order chi connectivity index (χ1) is 7.83. The van der Waals surface area contributed by atoms with Gasteiger partial charge in [-0.15, -0.1) is 0 Å². The van der Waals surface area contributed by atoms with Gasteiger partial charge < -0.3 is 10.6 Å². The fourth-order valence-electron chi connectivity index (χ4n) is 1.29. The summed E-state index contributed by atoms with van der Waals surface area (Å²) in [6.07, 6.45) is 5.08. The minimum atomic E-state index is 0.112. The van der Waals surface area contributed by atoms with Crippen molar-refractivity contribution in [2.24, 2.45) is 0 Å². The SMILES string of the molecule is CCCNC(=O)CCNCc1cccnc1. The molecule has 0 saturated heterocycles. The number of amides is 1. The van der Waals surface area contributed by atoms with Crippen molar-refractivity contribution in [2.45, 2.75) is 26.3 Å². The van der Waals surface area contributed by atoms with Crippen molar-refractivity contribution in [3.63, 3.8) is 0 Å². The molecule has 0 atom stereocenters. The van der Waals surface area contributed by atoms with Crippen LogP contribution in [-0.4, -0.2) is 24.0 Å². The number of aromatic nitrogens is 1. The normalized spacial score (nSPS) is 10.1. The fraction of sp³-hybridized carbons (Fsp3) is 0.500. The maximum absolute atomic E-state index is 11.2. The summed E-state index contributed by atoms with van der Waals surface area (Å²) in [6.45, 7) is 4.27. The second-order valence-corrected chi connectivity index (χ2v) is 3.64. The van der Waals surface area contributed by atoms with Crippen LogP contribution in [0.15, 0.2) is 24.5 Å². The summed E-state index contributed by atoms with van der Waals surface area (Å²) >= 11 is 0. The third kappa shape index (κ3) is 5.46. The molecule has 88 valence electrons. The van der Waals surface area contributed by atoms with Gasteiger partial charge in [0.1, 0.15) is 0 Å².